The van der Waals surface area contributed by atoms with E-state index in [2.05, 4.69) is 5.32 Å². The van der Waals surface area contributed by atoms with E-state index in [1.165, 1.54) is 24.3 Å². The standard InChI is InChI=1S/C18H20FN3O4/c1-11(12-6-8-13(19)9-7-12)20-15(23)10-21-16(24)17(25)22(18(21)26)14-4-2-3-5-14/h6-9,11,14H,2-5,10H2,1H3,(H,20,23)/t11-/m0/s1. The first-order valence-electron chi connectivity index (χ1n) is 8.62. The molecule has 0 radical (unpaired) electrons. The lowest BCUT2D eigenvalue weighted by Gasteiger charge is -2.21. The molecule has 1 heterocycles. The minimum Gasteiger partial charge on any atom is -0.348 e. The van der Waals surface area contributed by atoms with Crippen molar-refractivity contribution in [1.82, 2.24) is 15.1 Å². The second-order valence-electron chi connectivity index (χ2n) is 6.63. The van der Waals surface area contributed by atoms with Crippen LogP contribution in [0.2, 0.25) is 0 Å². The number of urea groups is 1. The molecule has 1 saturated heterocycles. The van der Waals surface area contributed by atoms with Crippen LogP contribution in [0, 0.1) is 5.82 Å². The van der Waals surface area contributed by atoms with Crippen LogP contribution in [0.15, 0.2) is 24.3 Å². The normalized spacial score (nSPS) is 19.4. The van der Waals surface area contributed by atoms with E-state index in [1.54, 1.807) is 6.92 Å². The second-order valence-corrected chi connectivity index (χ2v) is 6.63. The minimum absolute atomic E-state index is 0.259. The van der Waals surface area contributed by atoms with Crippen LogP contribution in [-0.4, -0.2) is 46.1 Å². The number of halogens is 1. The summed E-state index contributed by atoms with van der Waals surface area (Å²) in [6, 6.07) is 4.22. The van der Waals surface area contributed by atoms with E-state index in [-0.39, 0.29) is 11.9 Å². The minimum atomic E-state index is -0.966. The quantitative estimate of drug-likeness (QED) is 0.639. The van der Waals surface area contributed by atoms with E-state index < -0.39 is 36.3 Å². The summed E-state index contributed by atoms with van der Waals surface area (Å²) < 4.78 is 13.0. The van der Waals surface area contributed by atoms with Crippen molar-refractivity contribution in [2.24, 2.45) is 0 Å². The Morgan fingerprint density at radius 2 is 1.77 bits per heavy atom. The SMILES string of the molecule is C[C@H](NC(=O)CN1C(=O)C(=O)N(C2CCCC2)C1=O)c1ccc(F)cc1. The van der Waals surface area contributed by atoms with E-state index in [1.807, 2.05) is 0 Å². The molecule has 1 atom stereocenters. The summed E-state index contributed by atoms with van der Waals surface area (Å²) in [5.74, 6) is -2.77. The topological polar surface area (TPSA) is 86.8 Å². The molecule has 1 N–H and O–H groups in total. The number of nitrogens with one attached hydrogen (secondary N) is 1. The van der Waals surface area contributed by atoms with Crippen molar-refractivity contribution in [3.8, 4) is 0 Å². The highest BCUT2D eigenvalue weighted by atomic mass is 19.1. The van der Waals surface area contributed by atoms with Crippen molar-refractivity contribution in [1.29, 1.82) is 0 Å². The third kappa shape index (κ3) is 3.44. The molecule has 0 unspecified atom stereocenters. The Morgan fingerprint density at radius 3 is 2.38 bits per heavy atom. The monoisotopic (exact) mass is 361 g/mol. The molecule has 2 fully saturated rings. The van der Waals surface area contributed by atoms with Gasteiger partial charge in [0.25, 0.3) is 0 Å². The van der Waals surface area contributed by atoms with Crippen molar-refractivity contribution < 1.29 is 23.6 Å². The van der Waals surface area contributed by atoms with Gasteiger partial charge in [-0.25, -0.2) is 14.1 Å². The summed E-state index contributed by atoms with van der Waals surface area (Å²) in [5, 5.41) is 2.65. The molecular formula is C18H20FN3O4. The predicted molar refractivity (Wildman–Crippen MR) is 89.2 cm³/mol. The van der Waals surface area contributed by atoms with Gasteiger partial charge in [0.1, 0.15) is 12.4 Å². The van der Waals surface area contributed by atoms with Crippen molar-refractivity contribution in [3.05, 3.63) is 35.6 Å². The van der Waals surface area contributed by atoms with Gasteiger partial charge in [-0.1, -0.05) is 25.0 Å². The summed E-state index contributed by atoms with van der Waals surface area (Å²) in [6.07, 6.45) is 3.19. The third-order valence-corrected chi connectivity index (χ3v) is 4.82. The van der Waals surface area contributed by atoms with Gasteiger partial charge < -0.3 is 5.32 Å². The zero-order chi connectivity index (χ0) is 18.8. The summed E-state index contributed by atoms with van der Waals surface area (Å²) in [5.41, 5.74) is 0.683. The molecule has 1 saturated carbocycles. The first-order valence-corrected chi connectivity index (χ1v) is 8.62. The zero-order valence-electron chi connectivity index (χ0n) is 14.4. The summed E-state index contributed by atoms with van der Waals surface area (Å²) in [7, 11) is 0. The fourth-order valence-electron chi connectivity index (χ4n) is 3.41. The molecule has 1 aliphatic heterocycles. The van der Waals surface area contributed by atoms with Gasteiger partial charge in [-0.3, -0.25) is 19.3 Å². The van der Waals surface area contributed by atoms with Crippen LogP contribution in [0.1, 0.15) is 44.2 Å². The number of amides is 5. The third-order valence-electron chi connectivity index (χ3n) is 4.82. The van der Waals surface area contributed by atoms with Crippen molar-refractivity contribution >= 4 is 23.8 Å². The number of benzene rings is 1. The van der Waals surface area contributed by atoms with Crippen molar-refractivity contribution in [3.63, 3.8) is 0 Å². The average molecular weight is 361 g/mol. The molecule has 0 aromatic heterocycles. The number of carbonyl (C=O) groups is 4. The molecule has 7 nitrogen and oxygen atoms in total. The van der Waals surface area contributed by atoms with Crippen LogP contribution in [0.25, 0.3) is 0 Å². The van der Waals surface area contributed by atoms with Crippen LogP contribution in [-0.2, 0) is 14.4 Å². The maximum Gasteiger partial charge on any atom is 0.334 e. The molecular weight excluding hydrogens is 341 g/mol. The van der Waals surface area contributed by atoms with Crippen LogP contribution < -0.4 is 5.32 Å². The molecule has 5 amide bonds. The van der Waals surface area contributed by atoms with Crippen LogP contribution in [0.3, 0.4) is 0 Å². The van der Waals surface area contributed by atoms with Gasteiger partial charge >= 0.3 is 17.8 Å². The number of imide groups is 2. The molecule has 3 rings (SSSR count). The lowest BCUT2D eigenvalue weighted by Crippen LogP contribution is -2.43. The zero-order valence-corrected chi connectivity index (χ0v) is 14.4. The van der Waals surface area contributed by atoms with Gasteiger partial charge in [0, 0.05) is 6.04 Å². The Kier molecular flexibility index (Phi) is 5.01. The second kappa shape index (κ2) is 7.23. The van der Waals surface area contributed by atoms with E-state index in [0.29, 0.717) is 23.3 Å². The number of carbonyl (C=O) groups excluding carboxylic acids is 4. The number of rotatable bonds is 5. The molecule has 138 valence electrons. The largest absolute Gasteiger partial charge is 0.348 e. The Bertz CT molecular complexity index is 743. The highest BCUT2D eigenvalue weighted by molar-refractivity contribution is 6.45. The Hall–Kier alpha value is -2.77. The molecule has 2 aliphatic rings. The maximum atomic E-state index is 13.0. The fraction of sp³-hybridized carbons (Fsp3) is 0.444. The Balaban J connectivity index is 1.63. The smallest absolute Gasteiger partial charge is 0.334 e. The van der Waals surface area contributed by atoms with Gasteiger partial charge in [0.2, 0.25) is 5.91 Å². The fourth-order valence-corrected chi connectivity index (χ4v) is 3.41. The first kappa shape index (κ1) is 18.0. The highest BCUT2D eigenvalue weighted by Gasteiger charge is 2.48. The number of nitrogens with zero attached hydrogens (tertiary/aromatic N) is 2. The van der Waals surface area contributed by atoms with Gasteiger partial charge in [-0.2, -0.15) is 0 Å². The summed E-state index contributed by atoms with van der Waals surface area (Å²) in [6.45, 7) is 1.19. The van der Waals surface area contributed by atoms with E-state index in [4.69, 9.17) is 0 Å². The molecule has 26 heavy (non-hydrogen) atoms. The Labute approximate surface area is 150 Å². The van der Waals surface area contributed by atoms with Gasteiger partial charge in [-0.05, 0) is 37.5 Å². The molecule has 1 aliphatic carbocycles. The van der Waals surface area contributed by atoms with E-state index in [0.717, 1.165) is 17.7 Å². The molecule has 8 heteroatoms. The molecule has 0 spiro atoms. The predicted octanol–water partition coefficient (Wildman–Crippen LogP) is 1.74. The van der Waals surface area contributed by atoms with Crippen LogP contribution in [0.4, 0.5) is 9.18 Å². The van der Waals surface area contributed by atoms with Crippen LogP contribution >= 0.6 is 0 Å². The maximum absolute atomic E-state index is 13.0. The summed E-state index contributed by atoms with van der Waals surface area (Å²) >= 11 is 0. The van der Waals surface area contributed by atoms with Crippen molar-refractivity contribution in [2.75, 3.05) is 6.54 Å². The highest BCUT2D eigenvalue weighted by Crippen LogP contribution is 2.27. The van der Waals surface area contributed by atoms with Crippen molar-refractivity contribution in [2.45, 2.75) is 44.7 Å². The Morgan fingerprint density at radius 1 is 1.15 bits per heavy atom. The first-order chi connectivity index (χ1) is 12.4. The summed E-state index contributed by atoms with van der Waals surface area (Å²) in [4.78, 5) is 50.5. The lowest BCUT2D eigenvalue weighted by atomic mass is 10.1. The average Bonchev–Trinajstić information content (AvgIpc) is 3.19. The number of hydrogen-bond acceptors (Lipinski definition) is 4. The van der Waals surface area contributed by atoms with Crippen LogP contribution in [0.5, 0.6) is 0 Å². The molecule has 1 aromatic carbocycles. The lowest BCUT2D eigenvalue weighted by molar-refractivity contribution is -0.144. The van der Waals surface area contributed by atoms with Gasteiger partial charge in [0.05, 0.1) is 6.04 Å². The van der Waals surface area contributed by atoms with E-state index in [9.17, 15) is 23.6 Å². The number of hydrogen-bond donors (Lipinski definition) is 1. The van der Waals surface area contributed by atoms with Gasteiger partial charge in [0.15, 0.2) is 0 Å². The van der Waals surface area contributed by atoms with E-state index >= 15 is 0 Å². The molecule has 1 aromatic rings. The molecule has 0 bridgehead atoms. The van der Waals surface area contributed by atoms with Gasteiger partial charge in [-0.15, -0.1) is 0 Å².